The van der Waals surface area contributed by atoms with Crippen LogP contribution in [0.1, 0.15) is 31.4 Å². The molecule has 0 bridgehead atoms. The summed E-state index contributed by atoms with van der Waals surface area (Å²) >= 11 is 0. The van der Waals surface area contributed by atoms with Gasteiger partial charge in [-0.1, -0.05) is 12.1 Å². The van der Waals surface area contributed by atoms with Crippen LogP contribution in [0, 0.1) is 5.82 Å². The summed E-state index contributed by atoms with van der Waals surface area (Å²) in [7, 11) is 1.75. The van der Waals surface area contributed by atoms with Crippen molar-refractivity contribution in [3.63, 3.8) is 0 Å². The molecular weight excluding hydrogens is 295 g/mol. The van der Waals surface area contributed by atoms with Gasteiger partial charge in [0.05, 0.1) is 12.1 Å². The molecule has 1 aromatic carbocycles. The largest absolute Gasteiger partial charge is 0.364 e. The lowest BCUT2D eigenvalue weighted by Gasteiger charge is -2.28. The molecule has 0 spiro atoms. The summed E-state index contributed by atoms with van der Waals surface area (Å²) in [5.74, 6) is -0.322. The predicted octanol–water partition coefficient (Wildman–Crippen LogP) is 2.27. The van der Waals surface area contributed by atoms with Gasteiger partial charge in [0, 0.05) is 13.6 Å². The van der Waals surface area contributed by atoms with Crippen LogP contribution >= 0.6 is 12.4 Å². The molecule has 6 heteroatoms. The SMILES string of the molecule is CC(c1ccc(F)cc1)N(C)C(=O)[C@@H]1CC[C@H](CN)O1.Cl. The van der Waals surface area contributed by atoms with E-state index in [1.807, 2.05) is 6.92 Å². The molecule has 1 aliphatic rings. The number of ether oxygens (including phenoxy) is 1. The second kappa shape index (κ2) is 7.73. The number of rotatable bonds is 4. The topological polar surface area (TPSA) is 55.6 Å². The third kappa shape index (κ3) is 4.15. The normalized spacial score (nSPS) is 22.5. The van der Waals surface area contributed by atoms with Crippen molar-refractivity contribution in [3.8, 4) is 0 Å². The fourth-order valence-corrected chi connectivity index (χ4v) is 2.44. The third-order valence-electron chi connectivity index (χ3n) is 3.93. The van der Waals surface area contributed by atoms with E-state index >= 15 is 0 Å². The molecule has 1 aliphatic heterocycles. The first-order chi connectivity index (χ1) is 9.52. The first kappa shape index (κ1) is 17.9. The van der Waals surface area contributed by atoms with Crippen LogP contribution in [0.2, 0.25) is 0 Å². The zero-order chi connectivity index (χ0) is 14.7. The summed E-state index contributed by atoms with van der Waals surface area (Å²) in [6.07, 6.45) is 1.11. The van der Waals surface area contributed by atoms with Crippen LogP contribution in [0.15, 0.2) is 24.3 Å². The molecule has 3 atom stereocenters. The summed E-state index contributed by atoms with van der Waals surface area (Å²) in [6, 6.07) is 6.08. The average molecular weight is 317 g/mol. The predicted molar refractivity (Wildman–Crippen MR) is 81.8 cm³/mol. The van der Waals surface area contributed by atoms with Crippen molar-refractivity contribution in [2.45, 2.75) is 38.0 Å². The minimum atomic E-state index is -0.406. The molecule has 1 fully saturated rings. The van der Waals surface area contributed by atoms with Crippen molar-refractivity contribution in [3.05, 3.63) is 35.6 Å². The lowest BCUT2D eigenvalue weighted by Crippen LogP contribution is -2.38. The lowest BCUT2D eigenvalue weighted by molar-refractivity contribution is -0.143. The standard InChI is InChI=1S/C15H21FN2O2.ClH/c1-10(11-3-5-12(16)6-4-11)18(2)15(19)14-8-7-13(9-17)20-14;/h3-6,10,13-14H,7-9,17H2,1-2H3;1H/t10?,13-,14+;/m1./s1. The van der Waals surface area contributed by atoms with Crippen LogP contribution in [0.4, 0.5) is 4.39 Å². The van der Waals surface area contributed by atoms with Gasteiger partial charge in [-0.2, -0.15) is 0 Å². The summed E-state index contributed by atoms with van der Waals surface area (Å²) in [4.78, 5) is 14.0. The van der Waals surface area contributed by atoms with Gasteiger partial charge in [-0.3, -0.25) is 4.79 Å². The summed E-state index contributed by atoms with van der Waals surface area (Å²) < 4.78 is 18.5. The van der Waals surface area contributed by atoms with Crippen molar-refractivity contribution in [2.75, 3.05) is 13.6 Å². The van der Waals surface area contributed by atoms with Crippen LogP contribution in [-0.2, 0) is 9.53 Å². The number of likely N-dealkylation sites (N-methyl/N-ethyl adjacent to an activating group) is 1. The number of amides is 1. The molecule has 2 rings (SSSR count). The minimum Gasteiger partial charge on any atom is -0.364 e. The number of benzene rings is 1. The Balaban J connectivity index is 0.00000220. The smallest absolute Gasteiger partial charge is 0.251 e. The number of carbonyl (C=O) groups excluding carboxylic acids is 1. The van der Waals surface area contributed by atoms with E-state index in [2.05, 4.69) is 0 Å². The maximum Gasteiger partial charge on any atom is 0.251 e. The molecule has 1 heterocycles. The molecule has 0 saturated carbocycles. The molecule has 21 heavy (non-hydrogen) atoms. The number of hydrogen-bond donors (Lipinski definition) is 1. The third-order valence-corrected chi connectivity index (χ3v) is 3.93. The van der Waals surface area contributed by atoms with E-state index in [1.54, 1.807) is 24.1 Å². The van der Waals surface area contributed by atoms with Crippen molar-refractivity contribution in [2.24, 2.45) is 5.73 Å². The number of nitrogens with zero attached hydrogens (tertiary/aromatic N) is 1. The number of hydrogen-bond acceptors (Lipinski definition) is 3. The molecule has 0 radical (unpaired) electrons. The van der Waals surface area contributed by atoms with E-state index in [1.165, 1.54) is 12.1 Å². The molecule has 1 aromatic rings. The van der Waals surface area contributed by atoms with Crippen LogP contribution in [0.25, 0.3) is 0 Å². The Kier molecular flexibility index (Phi) is 6.58. The Morgan fingerprint density at radius 3 is 2.57 bits per heavy atom. The Morgan fingerprint density at radius 1 is 1.43 bits per heavy atom. The Morgan fingerprint density at radius 2 is 2.05 bits per heavy atom. The van der Waals surface area contributed by atoms with E-state index in [-0.39, 0.29) is 36.3 Å². The molecule has 1 unspecified atom stereocenters. The van der Waals surface area contributed by atoms with Crippen molar-refractivity contribution < 1.29 is 13.9 Å². The fourth-order valence-electron chi connectivity index (χ4n) is 2.44. The van der Waals surface area contributed by atoms with E-state index in [0.29, 0.717) is 13.0 Å². The molecule has 4 nitrogen and oxygen atoms in total. The average Bonchev–Trinajstić information content (AvgIpc) is 2.94. The van der Waals surface area contributed by atoms with Crippen LogP contribution in [-0.4, -0.2) is 36.6 Å². The summed E-state index contributed by atoms with van der Waals surface area (Å²) in [5, 5.41) is 0. The Hall–Kier alpha value is -1.17. The molecule has 118 valence electrons. The number of carbonyl (C=O) groups is 1. The van der Waals surface area contributed by atoms with Crippen molar-refractivity contribution >= 4 is 18.3 Å². The van der Waals surface area contributed by atoms with Crippen molar-refractivity contribution in [1.82, 2.24) is 4.90 Å². The number of halogens is 2. The summed E-state index contributed by atoms with van der Waals surface area (Å²) in [6.45, 7) is 2.36. The highest BCUT2D eigenvalue weighted by Crippen LogP contribution is 2.25. The molecule has 0 aromatic heterocycles. The van der Waals surface area contributed by atoms with Gasteiger partial charge < -0.3 is 15.4 Å². The first-order valence-electron chi connectivity index (χ1n) is 6.90. The molecule has 1 saturated heterocycles. The van der Waals surface area contributed by atoms with Crippen molar-refractivity contribution in [1.29, 1.82) is 0 Å². The maximum absolute atomic E-state index is 12.9. The van der Waals surface area contributed by atoms with E-state index in [4.69, 9.17) is 10.5 Å². The van der Waals surface area contributed by atoms with Crippen LogP contribution in [0.3, 0.4) is 0 Å². The molecule has 0 aliphatic carbocycles. The Labute approximate surface area is 130 Å². The van der Waals surface area contributed by atoms with Gasteiger partial charge in [0.1, 0.15) is 11.9 Å². The highest BCUT2D eigenvalue weighted by Gasteiger charge is 2.33. The first-order valence-corrected chi connectivity index (χ1v) is 6.90. The van der Waals surface area contributed by atoms with Gasteiger partial charge in [-0.15, -0.1) is 12.4 Å². The van der Waals surface area contributed by atoms with Crippen LogP contribution < -0.4 is 5.73 Å². The molecule has 1 amide bonds. The zero-order valence-electron chi connectivity index (χ0n) is 12.3. The summed E-state index contributed by atoms with van der Waals surface area (Å²) in [5.41, 5.74) is 6.45. The lowest BCUT2D eigenvalue weighted by atomic mass is 10.1. The molecular formula is C15H22ClFN2O2. The highest BCUT2D eigenvalue weighted by atomic mass is 35.5. The molecule has 2 N–H and O–H groups in total. The fraction of sp³-hybridized carbons (Fsp3) is 0.533. The van der Waals surface area contributed by atoms with Gasteiger partial charge in [-0.05, 0) is 37.5 Å². The van der Waals surface area contributed by atoms with Gasteiger partial charge in [0.15, 0.2) is 0 Å². The van der Waals surface area contributed by atoms with E-state index in [0.717, 1.165) is 12.0 Å². The second-order valence-corrected chi connectivity index (χ2v) is 5.24. The minimum absolute atomic E-state index is 0. The van der Waals surface area contributed by atoms with E-state index < -0.39 is 6.10 Å². The second-order valence-electron chi connectivity index (χ2n) is 5.24. The Bertz CT molecular complexity index is 469. The van der Waals surface area contributed by atoms with E-state index in [9.17, 15) is 9.18 Å². The maximum atomic E-state index is 12.9. The number of nitrogens with two attached hydrogens (primary N) is 1. The van der Waals surface area contributed by atoms with Gasteiger partial charge >= 0.3 is 0 Å². The zero-order valence-corrected chi connectivity index (χ0v) is 13.1. The van der Waals surface area contributed by atoms with Crippen LogP contribution in [0.5, 0.6) is 0 Å². The monoisotopic (exact) mass is 316 g/mol. The highest BCUT2D eigenvalue weighted by molar-refractivity contribution is 5.85. The van der Waals surface area contributed by atoms with Gasteiger partial charge in [0.25, 0.3) is 5.91 Å². The quantitative estimate of drug-likeness (QED) is 0.927. The van der Waals surface area contributed by atoms with Gasteiger partial charge in [0.2, 0.25) is 0 Å². The van der Waals surface area contributed by atoms with Gasteiger partial charge in [-0.25, -0.2) is 4.39 Å².